The van der Waals surface area contributed by atoms with Crippen LogP contribution in [0.1, 0.15) is 10.4 Å². The average molecular weight is 308 g/mol. The number of rotatable bonds is 2. The van der Waals surface area contributed by atoms with E-state index < -0.39 is 5.97 Å². The molecule has 0 aliphatic carbocycles. The summed E-state index contributed by atoms with van der Waals surface area (Å²) in [6.07, 6.45) is 0. The summed E-state index contributed by atoms with van der Waals surface area (Å²) < 4.78 is 0. The molecular formula is C19H16O4. The molecule has 0 aliphatic rings. The topological polar surface area (TPSA) is 77.8 Å². The Balaban J connectivity index is 0.000000185. The highest BCUT2D eigenvalue weighted by Gasteiger charge is 1.97. The van der Waals surface area contributed by atoms with Gasteiger partial charge in [0.2, 0.25) is 0 Å². The second-order valence-corrected chi connectivity index (χ2v) is 4.76. The van der Waals surface area contributed by atoms with Gasteiger partial charge in [-0.3, -0.25) is 0 Å². The molecule has 116 valence electrons. The SMILES string of the molecule is O=C(O)c1ccccc1.Oc1ccc(-c2ccc(O)cc2)cc1. The number of benzene rings is 3. The van der Waals surface area contributed by atoms with Gasteiger partial charge in [-0.2, -0.15) is 0 Å². The molecule has 3 rings (SSSR count). The van der Waals surface area contributed by atoms with Crippen LogP contribution in [0.5, 0.6) is 11.5 Å². The Labute approximate surface area is 133 Å². The minimum absolute atomic E-state index is 0.257. The van der Waals surface area contributed by atoms with Gasteiger partial charge in [0, 0.05) is 0 Å². The van der Waals surface area contributed by atoms with Crippen LogP contribution in [0.2, 0.25) is 0 Å². The lowest BCUT2D eigenvalue weighted by molar-refractivity contribution is 0.0697. The van der Waals surface area contributed by atoms with Gasteiger partial charge < -0.3 is 15.3 Å². The van der Waals surface area contributed by atoms with Gasteiger partial charge in [-0.15, -0.1) is 0 Å². The number of aromatic carboxylic acids is 1. The van der Waals surface area contributed by atoms with Crippen molar-refractivity contribution in [3.63, 3.8) is 0 Å². The van der Waals surface area contributed by atoms with Gasteiger partial charge in [-0.1, -0.05) is 42.5 Å². The minimum atomic E-state index is -0.879. The molecule has 0 atom stereocenters. The normalized spacial score (nSPS) is 9.57. The molecule has 4 nitrogen and oxygen atoms in total. The number of carbonyl (C=O) groups is 1. The summed E-state index contributed by atoms with van der Waals surface area (Å²) in [5.74, 6) is -0.365. The molecule has 0 saturated carbocycles. The fourth-order valence-corrected chi connectivity index (χ4v) is 1.89. The lowest BCUT2D eigenvalue weighted by Crippen LogP contribution is -1.93. The molecule has 0 saturated heterocycles. The van der Waals surface area contributed by atoms with Crippen molar-refractivity contribution in [3.05, 3.63) is 84.4 Å². The van der Waals surface area contributed by atoms with Crippen molar-refractivity contribution in [2.24, 2.45) is 0 Å². The number of phenolic OH excluding ortho intramolecular Hbond substituents is 2. The molecule has 0 amide bonds. The zero-order valence-electron chi connectivity index (χ0n) is 12.3. The van der Waals surface area contributed by atoms with Crippen molar-refractivity contribution in [1.29, 1.82) is 0 Å². The maximum absolute atomic E-state index is 10.2. The van der Waals surface area contributed by atoms with Crippen LogP contribution in [-0.4, -0.2) is 21.3 Å². The van der Waals surface area contributed by atoms with E-state index in [1.54, 1.807) is 54.6 Å². The first-order chi connectivity index (χ1) is 11.1. The summed E-state index contributed by atoms with van der Waals surface area (Å²) in [5, 5.41) is 26.6. The molecule has 0 heterocycles. The summed E-state index contributed by atoms with van der Waals surface area (Å²) in [4.78, 5) is 10.2. The Kier molecular flexibility index (Phi) is 5.36. The maximum atomic E-state index is 10.2. The van der Waals surface area contributed by atoms with E-state index in [2.05, 4.69) is 0 Å². The lowest BCUT2D eigenvalue weighted by Gasteiger charge is -2.01. The lowest BCUT2D eigenvalue weighted by atomic mass is 10.1. The summed E-state index contributed by atoms with van der Waals surface area (Å²) in [5.41, 5.74) is 2.36. The molecule has 23 heavy (non-hydrogen) atoms. The molecule has 0 spiro atoms. The molecule has 0 fully saturated rings. The predicted octanol–water partition coefficient (Wildman–Crippen LogP) is 4.15. The molecule has 0 radical (unpaired) electrons. The summed E-state index contributed by atoms with van der Waals surface area (Å²) in [6.45, 7) is 0. The van der Waals surface area contributed by atoms with Crippen LogP contribution in [-0.2, 0) is 0 Å². The van der Waals surface area contributed by atoms with E-state index in [9.17, 15) is 4.79 Å². The number of carboxylic acid groups (broad SMARTS) is 1. The Morgan fingerprint density at radius 3 is 1.30 bits per heavy atom. The van der Waals surface area contributed by atoms with Crippen LogP contribution in [0.4, 0.5) is 0 Å². The Hall–Kier alpha value is -3.27. The third-order valence-corrected chi connectivity index (χ3v) is 3.09. The monoisotopic (exact) mass is 308 g/mol. The smallest absolute Gasteiger partial charge is 0.335 e. The van der Waals surface area contributed by atoms with Crippen LogP contribution in [0.25, 0.3) is 11.1 Å². The van der Waals surface area contributed by atoms with Gasteiger partial charge in [0.15, 0.2) is 0 Å². The first-order valence-corrected chi connectivity index (χ1v) is 6.93. The third kappa shape index (κ3) is 4.89. The fourth-order valence-electron chi connectivity index (χ4n) is 1.89. The van der Waals surface area contributed by atoms with Gasteiger partial charge in [-0.25, -0.2) is 4.79 Å². The zero-order valence-corrected chi connectivity index (χ0v) is 12.3. The molecule has 4 heteroatoms. The predicted molar refractivity (Wildman–Crippen MR) is 88.6 cm³/mol. The molecule has 0 aromatic heterocycles. The number of hydrogen-bond donors (Lipinski definition) is 3. The number of hydrogen-bond acceptors (Lipinski definition) is 3. The quantitative estimate of drug-likeness (QED) is 0.664. The van der Waals surface area contributed by atoms with Crippen molar-refractivity contribution < 1.29 is 20.1 Å². The molecular weight excluding hydrogens is 292 g/mol. The van der Waals surface area contributed by atoms with E-state index in [1.165, 1.54) is 0 Å². The third-order valence-electron chi connectivity index (χ3n) is 3.09. The van der Waals surface area contributed by atoms with Crippen molar-refractivity contribution in [3.8, 4) is 22.6 Å². The van der Waals surface area contributed by atoms with Gasteiger partial charge >= 0.3 is 5.97 Å². The average Bonchev–Trinajstić information content (AvgIpc) is 2.58. The second-order valence-electron chi connectivity index (χ2n) is 4.76. The van der Waals surface area contributed by atoms with Gasteiger partial charge in [-0.05, 0) is 47.5 Å². The first kappa shape index (κ1) is 16.1. The van der Waals surface area contributed by atoms with E-state index in [1.807, 2.05) is 24.3 Å². The maximum Gasteiger partial charge on any atom is 0.335 e. The first-order valence-electron chi connectivity index (χ1n) is 6.93. The van der Waals surface area contributed by atoms with Crippen LogP contribution < -0.4 is 0 Å². The van der Waals surface area contributed by atoms with E-state index in [-0.39, 0.29) is 11.5 Å². The highest BCUT2D eigenvalue weighted by Crippen LogP contribution is 2.23. The zero-order chi connectivity index (χ0) is 16.7. The minimum Gasteiger partial charge on any atom is -0.508 e. The van der Waals surface area contributed by atoms with Gasteiger partial charge in [0.25, 0.3) is 0 Å². The number of carboxylic acids is 1. The standard InChI is InChI=1S/C12H10O2.C7H6O2/c13-11-5-1-9(2-6-11)10-3-7-12(14)8-4-10;8-7(9)6-4-2-1-3-5-6/h1-8,13-14H;1-5H,(H,8,9). The number of aromatic hydroxyl groups is 2. The van der Waals surface area contributed by atoms with E-state index in [0.29, 0.717) is 5.56 Å². The van der Waals surface area contributed by atoms with E-state index in [4.69, 9.17) is 15.3 Å². The second kappa shape index (κ2) is 7.66. The van der Waals surface area contributed by atoms with Crippen LogP contribution in [0.3, 0.4) is 0 Å². The Bertz CT molecular complexity index is 704. The van der Waals surface area contributed by atoms with Crippen LogP contribution in [0.15, 0.2) is 78.9 Å². The van der Waals surface area contributed by atoms with Crippen molar-refractivity contribution in [2.75, 3.05) is 0 Å². The number of phenols is 2. The molecule has 3 aromatic carbocycles. The van der Waals surface area contributed by atoms with Crippen LogP contribution >= 0.6 is 0 Å². The highest BCUT2D eigenvalue weighted by atomic mass is 16.4. The summed E-state index contributed by atoms with van der Waals surface area (Å²) in [6, 6.07) is 22.2. The summed E-state index contributed by atoms with van der Waals surface area (Å²) >= 11 is 0. The Morgan fingerprint density at radius 2 is 1.00 bits per heavy atom. The molecule has 3 N–H and O–H groups in total. The fraction of sp³-hybridized carbons (Fsp3) is 0. The Morgan fingerprint density at radius 1 is 0.609 bits per heavy atom. The molecule has 3 aromatic rings. The van der Waals surface area contributed by atoms with E-state index >= 15 is 0 Å². The van der Waals surface area contributed by atoms with Crippen molar-refractivity contribution in [1.82, 2.24) is 0 Å². The molecule has 0 aliphatic heterocycles. The van der Waals surface area contributed by atoms with E-state index in [0.717, 1.165) is 11.1 Å². The van der Waals surface area contributed by atoms with Crippen LogP contribution in [0, 0.1) is 0 Å². The highest BCUT2D eigenvalue weighted by molar-refractivity contribution is 5.87. The molecule has 0 bridgehead atoms. The largest absolute Gasteiger partial charge is 0.508 e. The van der Waals surface area contributed by atoms with Gasteiger partial charge in [0.05, 0.1) is 5.56 Å². The van der Waals surface area contributed by atoms with Crippen molar-refractivity contribution >= 4 is 5.97 Å². The van der Waals surface area contributed by atoms with Gasteiger partial charge in [0.1, 0.15) is 11.5 Å². The molecule has 0 unspecified atom stereocenters. The van der Waals surface area contributed by atoms with Crippen molar-refractivity contribution in [2.45, 2.75) is 0 Å². The summed E-state index contributed by atoms with van der Waals surface area (Å²) in [7, 11) is 0.